The molecular formula is C21H22BrN3O4. The Balaban J connectivity index is 1.30. The summed E-state index contributed by atoms with van der Waals surface area (Å²) in [7, 11) is 0. The molecule has 0 saturated carbocycles. The summed E-state index contributed by atoms with van der Waals surface area (Å²) < 4.78 is 6.25. The molecule has 8 heteroatoms. The fraction of sp³-hybridized carbons (Fsp3) is 0.429. The predicted molar refractivity (Wildman–Crippen MR) is 112 cm³/mol. The number of ketones is 1. The molecule has 4 rings (SSSR count). The average molecular weight is 460 g/mol. The molecule has 0 unspecified atom stereocenters. The number of ether oxygens (including phenoxy) is 1. The number of fused-ring (bicyclic) bond motifs is 1. The number of para-hydroxylation sites is 1. The SMILES string of the molecule is O=C(CC[C@@H]1CC(Br)=NO1)[C@@H]1CCCN1C(=O)OCc1cnc2ccccc2c1. The summed E-state index contributed by atoms with van der Waals surface area (Å²) in [5.41, 5.74) is 1.72. The first-order chi connectivity index (χ1) is 14.1. The minimum atomic E-state index is -0.447. The van der Waals surface area contributed by atoms with E-state index in [1.54, 1.807) is 11.1 Å². The Morgan fingerprint density at radius 2 is 2.17 bits per heavy atom. The fourth-order valence-electron chi connectivity index (χ4n) is 3.76. The lowest BCUT2D eigenvalue weighted by molar-refractivity contribution is -0.123. The van der Waals surface area contributed by atoms with Crippen LogP contribution in [0.25, 0.3) is 10.9 Å². The van der Waals surface area contributed by atoms with Crippen molar-refractivity contribution in [1.29, 1.82) is 0 Å². The number of carbonyl (C=O) groups is 2. The highest BCUT2D eigenvalue weighted by Crippen LogP contribution is 2.24. The first kappa shape index (κ1) is 19.8. The van der Waals surface area contributed by atoms with Crippen LogP contribution in [0.1, 0.15) is 37.7 Å². The number of hydrogen-bond donors (Lipinski definition) is 0. The first-order valence-corrected chi connectivity index (χ1v) is 10.6. The molecule has 2 aromatic rings. The van der Waals surface area contributed by atoms with Crippen molar-refractivity contribution in [2.24, 2.45) is 5.16 Å². The maximum Gasteiger partial charge on any atom is 0.410 e. The van der Waals surface area contributed by atoms with Crippen molar-refractivity contribution >= 4 is 43.3 Å². The van der Waals surface area contributed by atoms with Gasteiger partial charge >= 0.3 is 6.09 Å². The van der Waals surface area contributed by atoms with Gasteiger partial charge in [-0.05, 0) is 47.3 Å². The number of pyridine rings is 1. The van der Waals surface area contributed by atoms with Crippen molar-refractivity contribution in [1.82, 2.24) is 9.88 Å². The van der Waals surface area contributed by atoms with Gasteiger partial charge in [-0.3, -0.25) is 14.7 Å². The van der Waals surface area contributed by atoms with Crippen LogP contribution in [0.2, 0.25) is 0 Å². The Kier molecular flexibility index (Phi) is 6.08. The summed E-state index contributed by atoms with van der Waals surface area (Å²) in [6.45, 7) is 0.676. The van der Waals surface area contributed by atoms with Crippen LogP contribution < -0.4 is 0 Å². The van der Waals surface area contributed by atoms with E-state index >= 15 is 0 Å². The number of rotatable bonds is 6. The summed E-state index contributed by atoms with van der Waals surface area (Å²) in [4.78, 5) is 36.4. The number of aromatic nitrogens is 1. The van der Waals surface area contributed by atoms with Crippen LogP contribution in [-0.2, 0) is 21.0 Å². The van der Waals surface area contributed by atoms with Gasteiger partial charge in [-0.15, -0.1) is 0 Å². The van der Waals surface area contributed by atoms with Gasteiger partial charge in [0.1, 0.15) is 17.3 Å². The van der Waals surface area contributed by atoms with Crippen LogP contribution in [0.3, 0.4) is 0 Å². The van der Waals surface area contributed by atoms with Gasteiger partial charge in [0.25, 0.3) is 0 Å². The third kappa shape index (κ3) is 4.75. The second kappa shape index (κ2) is 8.90. The second-order valence-corrected chi connectivity index (χ2v) is 8.26. The van der Waals surface area contributed by atoms with Gasteiger partial charge in [0, 0.05) is 36.5 Å². The van der Waals surface area contributed by atoms with Gasteiger partial charge in [0.15, 0.2) is 5.78 Å². The highest BCUT2D eigenvalue weighted by atomic mass is 79.9. The summed E-state index contributed by atoms with van der Waals surface area (Å²) >= 11 is 3.30. The highest BCUT2D eigenvalue weighted by Gasteiger charge is 2.35. The monoisotopic (exact) mass is 459 g/mol. The minimum absolute atomic E-state index is 0.0541. The largest absolute Gasteiger partial charge is 0.444 e. The number of hydrogen-bond acceptors (Lipinski definition) is 6. The molecule has 29 heavy (non-hydrogen) atoms. The zero-order chi connectivity index (χ0) is 20.2. The van der Waals surface area contributed by atoms with Gasteiger partial charge in [0.2, 0.25) is 0 Å². The Hall–Kier alpha value is -2.48. The van der Waals surface area contributed by atoms with E-state index in [2.05, 4.69) is 26.1 Å². The normalized spacial score (nSPS) is 21.1. The van der Waals surface area contributed by atoms with Crippen molar-refractivity contribution in [3.05, 3.63) is 42.1 Å². The zero-order valence-electron chi connectivity index (χ0n) is 15.9. The third-order valence-corrected chi connectivity index (χ3v) is 5.75. The number of likely N-dealkylation sites (tertiary alicyclic amines) is 1. The standard InChI is InChI=1S/C21H22BrN3O4/c22-20-11-16(29-24-20)7-8-19(26)18-6-3-9-25(18)21(27)28-13-14-10-15-4-1-2-5-17(15)23-12-14/h1-2,4-5,10,12,16,18H,3,6-9,11,13H2/t16-,18+/m1/s1. The van der Waals surface area contributed by atoms with E-state index in [-0.39, 0.29) is 18.5 Å². The van der Waals surface area contributed by atoms with Gasteiger partial charge in [-0.1, -0.05) is 23.4 Å². The Morgan fingerprint density at radius 3 is 3.00 bits per heavy atom. The van der Waals surface area contributed by atoms with Crippen LogP contribution in [0.4, 0.5) is 4.79 Å². The predicted octanol–water partition coefficient (Wildman–Crippen LogP) is 4.18. The quantitative estimate of drug-likeness (QED) is 0.646. The molecule has 1 aromatic carbocycles. The third-order valence-electron chi connectivity index (χ3n) is 5.28. The van der Waals surface area contributed by atoms with Crippen molar-refractivity contribution in [2.75, 3.05) is 6.54 Å². The number of Topliss-reactive ketones (excluding diaryl/α,β-unsaturated/α-hetero) is 1. The maximum absolute atomic E-state index is 12.7. The van der Waals surface area contributed by atoms with E-state index in [1.807, 2.05) is 30.3 Å². The van der Waals surface area contributed by atoms with Crippen molar-refractivity contribution in [3.8, 4) is 0 Å². The minimum Gasteiger partial charge on any atom is -0.444 e. The zero-order valence-corrected chi connectivity index (χ0v) is 17.5. The molecule has 0 N–H and O–H groups in total. The summed E-state index contributed by atoms with van der Waals surface area (Å²) in [5, 5.41) is 4.84. The Morgan fingerprint density at radius 1 is 1.31 bits per heavy atom. The van der Waals surface area contributed by atoms with Crippen LogP contribution in [0, 0.1) is 0 Å². The van der Waals surface area contributed by atoms with E-state index in [1.165, 1.54) is 0 Å². The molecule has 2 atom stereocenters. The molecule has 1 saturated heterocycles. The molecule has 0 radical (unpaired) electrons. The topological polar surface area (TPSA) is 81.1 Å². The molecule has 152 valence electrons. The molecule has 1 aromatic heterocycles. The van der Waals surface area contributed by atoms with Gasteiger partial charge in [-0.25, -0.2) is 4.79 Å². The van der Waals surface area contributed by atoms with Crippen molar-refractivity contribution in [2.45, 2.75) is 50.9 Å². The maximum atomic E-state index is 12.7. The molecule has 2 aliphatic rings. The molecule has 2 aliphatic heterocycles. The molecule has 7 nitrogen and oxygen atoms in total. The summed E-state index contributed by atoms with van der Waals surface area (Å²) in [5.74, 6) is 0.0541. The Labute approximate surface area is 177 Å². The molecule has 1 amide bonds. The Bertz CT molecular complexity index is 948. The van der Waals surface area contributed by atoms with Crippen LogP contribution >= 0.6 is 15.9 Å². The van der Waals surface area contributed by atoms with E-state index < -0.39 is 12.1 Å². The number of nitrogens with zero attached hydrogens (tertiary/aromatic N) is 3. The lowest BCUT2D eigenvalue weighted by atomic mass is 10.0. The number of amides is 1. The fourth-order valence-corrected chi connectivity index (χ4v) is 4.21. The van der Waals surface area contributed by atoms with E-state index in [0.29, 0.717) is 32.2 Å². The lowest BCUT2D eigenvalue weighted by Gasteiger charge is -2.23. The molecule has 1 fully saturated rings. The van der Waals surface area contributed by atoms with Crippen LogP contribution in [-0.4, -0.2) is 45.1 Å². The van der Waals surface area contributed by atoms with Crippen molar-refractivity contribution < 1.29 is 19.2 Å². The van der Waals surface area contributed by atoms with Gasteiger partial charge < -0.3 is 9.57 Å². The average Bonchev–Trinajstić information content (AvgIpc) is 3.39. The smallest absolute Gasteiger partial charge is 0.410 e. The molecule has 0 bridgehead atoms. The van der Waals surface area contributed by atoms with E-state index in [4.69, 9.17) is 9.57 Å². The van der Waals surface area contributed by atoms with E-state index in [0.717, 1.165) is 27.5 Å². The van der Waals surface area contributed by atoms with Gasteiger partial charge in [-0.2, -0.15) is 0 Å². The number of carbonyl (C=O) groups excluding carboxylic acids is 2. The molecule has 0 spiro atoms. The highest BCUT2D eigenvalue weighted by molar-refractivity contribution is 9.18. The number of halogens is 1. The second-order valence-electron chi connectivity index (χ2n) is 7.35. The number of oxime groups is 1. The first-order valence-electron chi connectivity index (χ1n) is 9.78. The van der Waals surface area contributed by atoms with Crippen LogP contribution in [0.15, 0.2) is 41.7 Å². The molecule has 0 aliphatic carbocycles. The summed E-state index contributed by atoms with van der Waals surface area (Å²) in [6, 6.07) is 9.34. The van der Waals surface area contributed by atoms with Crippen LogP contribution in [0.5, 0.6) is 0 Å². The number of benzene rings is 1. The van der Waals surface area contributed by atoms with E-state index in [9.17, 15) is 9.59 Å². The lowest BCUT2D eigenvalue weighted by Crippen LogP contribution is -2.41. The summed E-state index contributed by atoms with van der Waals surface area (Å²) in [6.07, 6.45) is 4.32. The van der Waals surface area contributed by atoms with Gasteiger partial charge in [0.05, 0.1) is 11.6 Å². The molecule has 3 heterocycles. The van der Waals surface area contributed by atoms with Crippen molar-refractivity contribution in [3.63, 3.8) is 0 Å². The molecular weight excluding hydrogens is 438 g/mol.